The second-order valence-corrected chi connectivity index (χ2v) is 6.42. The van der Waals surface area contributed by atoms with Gasteiger partial charge in [0, 0.05) is 19.3 Å². The second kappa shape index (κ2) is 9.14. The lowest BCUT2D eigenvalue weighted by atomic mass is 10.1. The maximum Gasteiger partial charge on any atom is 0.335 e. The van der Waals surface area contributed by atoms with Crippen molar-refractivity contribution in [3.63, 3.8) is 0 Å². The van der Waals surface area contributed by atoms with Crippen molar-refractivity contribution in [3.05, 3.63) is 59.2 Å². The van der Waals surface area contributed by atoms with Crippen LogP contribution in [0.2, 0.25) is 0 Å². The molecule has 0 aromatic heterocycles. The van der Waals surface area contributed by atoms with E-state index in [1.54, 1.807) is 35.4 Å². The van der Waals surface area contributed by atoms with Gasteiger partial charge in [0.05, 0.1) is 24.5 Å². The monoisotopic (exact) mass is 382 g/mol. The lowest BCUT2D eigenvalue weighted by Gasteiger charge is -2.26. The summed E-state index contributed by atoms with van der Waals surface area (Å²) in [4.78, 5) is 29.2. The molecule has 3 rings (SSSR count). The van der Waals surface area contributed by atoms with Crippen molar-refractivity contribution in [2.24, 2.45) is 4.99 Å². The molecule has 2 aromatic rings. The first-order valence-electron chi connectivity index (χ1n) is 8.99. The number of ether oxygens (including phenoxy) is 2. The Kier molecular flexibility index (Phi) is 6.39. The lowest BCUT2D eigenvalue weighted by Crippen LogP contribution is -2.42. The summed E-state index contributed by atoms with van der Waals surface area (Å²) >= 11 is 0. The minimum atomic E-state index is -0.957. The van der Waals surface area contributed by atoms with Crippen LogP contribution in [0.4, 0.5) is 5.69 Å². The van der Waals surface area contributed by atoms with Gasteiger partial charge in [-0.2, -0.15) is 0 Å². The number of aryl methyl sites for hydroxylation is 1. The fourth-order valence-corrected chi connectivity index (χ4v) is 2.78. The second-order valence-electron chi connectivity index (χ2n) is 6.42. The fraction of sp³-hybridized carbons (Fsp3) is 0.286. The molecule has 0 aliphatic carbocycles. The maximum absolute atomic E-state index is 12.1. The normalized spacial score (nSPS) is 14.2. The van der Waals surface area contributed by atoms with E-state index < -0.39 is 5.97 Å². The molecule has 1 aliphatic rings. The molecule has 2 aromatic carbocycles. The molecule has 0 unspecified atom stereocenters. The summed E-state index contributed by atoms with van der Waals surface area (Å²) in [6.07, 6.45) is 1.70. The van der Waals surface area contributed by atoms with E-state index in [1.807, 2.05) is 19.1 Å². The van der Waals surface area contributed by atoms with E-state index >= 15 is 0 Å². The van der Waals surface area contributed by atoms with Crippen LogP contribution in [0, 0.1) is 6.92 Å². The van der Waals surface area contributed by atoms with Gasteiger partial charge in [-0.25, -0.2) is 4.79 Å². The Balaban J connectivity index is 1.56. The number of morpholine rings is 1. The Morgan fingerprint density at radius 2 is 1.89 bits per heavy atom. The third kappa shape index (κ3) is 5.17. The topological polar surface area (TPSA) is 88.4 Å². The van der Waals surface area contributed by atoms with Crippen LogP contribution in [0.15, 0.2) is 47.5 Å². The Hall–Kier alpha value is -3.19. The van der Waals surface area contributed by atoms with Gasteiger partial charge in [-0.1, -0.05) is 0 Å². The van der Waals surface area contributed by atoms with Crippen molar-refractivity contribution in [2.75, 3.05) is 32.9 Å². The summed E-state index contributed by atoms with van der Waals surface area (Å²) in [5, 5.41) is 9.01. The van der Waals surface area contributed by atoms with Crippen molar-refractivity contribution in [1.82, 2.24) is 4.90 Å². The molecule has 7 nitrogen and oxygen atoms in total. The highest BCUT2D eigenvalue weighted by atomic mass is 16.5. The van der Waals surface area contributed by atoms with E-state index in [0.717, 1.165) is 11.1 Å². The molecule has 146 valence electrons. The third-order valence-electron chi connectivity index (χ3n) is 4.40. The van der Waals surface area contributed by atoms with Crippen LogP contribution in [-0.4, -0.2) is 61.0 Å². The Morgan fingerprint density at radius 3 is 2.54 bits per heavy atom. The number of hydrogen-bond acceptors (Lipinski definition) is 5. The smallest absolute Gasteiger partial charge is 0.335 e. The number of carboxylic acids is 1. The first kappa shape index (κ1) is 19.6. The van der Waals surface area contributed by atoms with Crippen molar-refractivity contribution >= 4 is 23.8 Å². The summed E-state index contributed by atoms with van der Waals surface area (Å²) < 4.78 is 10.8. The van der Waals surface area contributed by atoms with Crippen molar-refractivity contribution in [3.8, 4) is 5.75 Å². The standard InChI is InChI=1S/C21H22N2O5/c1-15-12-17(21(25)26)4-7-19(15)22-13-16-2-5-18(6-3-16)28-14-20(24)23-8-10-27-11-9-23/h2-7,12-13H,8-11,14H2,1H3,(H,25,26). The largest absolute Gasteiger partial charge is 0.484 e. The average Bonchev–Trinajstić information content (AvgIpc) is 2.72. The van der Waals surface area contributed by atoms with Crippen LogP contribution in [0.25, 0.3) is 0 Å². The number of aliphatic imine (C=N–C) groups is 1. The first-order valence-corrected chi connectivity index (χ1v) is 8.99. The zero-order chi connectivity index (χ0) is 19.9. The van der Waals surface area contributed by atoms with Gasteiger partial charge in [-0.15, -0.1) is 0 Å². The van der Waals surface area contributed by atoms with Crippen LogP contribution in [0.5, 0.6) is 5.75 Å². The van der Waals surface area contributed by atoms with E-state index in [-0.39, 0.29) is 18.1 Å². The van der Waals surface area contributed by atoms with Crippen molar-refractivity contribution in [1.29, 1.82) is 0 Å². The first-order chi connectivity index (χ1) is 13.5. The number of carboxylic acid groups (broad SMARTS) is 1. The summed E-state index contributed by atoms with van der Waals surface area (Å²) in [6.45, 7) is 4.16. The van der Waals surface area contributed by atoms with Crippen molar-refractivity contribution in [2.45, 2.75) is 6.92 Å². The van der Waals surface area contributed by atoms with Gasteiger partial charge < -0.3 is 19.5 Å². The summed E-state index contributed by atoms with van der Waals surface area (Å²) in [5.74, 6) is -0.392. The predicted molar refractivity (Wildman–Crippen MR) is 105 cm³/mol. The molecule has 1 heterocycles. The molecule has 1 aliphatic heterocycles. The van der Waals surface area contributed by atoms with Crippen LogP contribution in [0.3, 0.4) is 0 Å². The predicted octanol–water partition coefficient (Wildman–Crippen LogP) is 2.68. The lowest BCUT2D eigenvalue weighted by molar-refractivity contribution is -0.137. The molecular weight excluding hydrogens is 360 g/mol. The minimum absolute atomic E-state index is 0.00254. The highest BCUT2D eigenvalue weighted by Crippen LogP contribution is 2.20. The van der Waals surface area contributed by atoms with Gasteiger partial charge in [0.2, 0.25) is 0 Å². The number of nitrogens with zero attached hydrogens (tertiary/aromatic N) is 2. The van der Waals surface area contributed by atoms with E-state index in [0.29, 0.717) is 37.7 Å². The highest BCUT2D eigenvalue weighted by Gasteiger charge is 2.17. The molecule has 1 fully saturated rings. The molecule has 28 heavy (non-hydrogen) atoms. The number of aromatic carboxylic acids is 1. The molecule has 0 atom stereocenters. The zero-order valence-corrected chi connectivity index (χ0v) is 15.6. The van der Waals surface area contributed by atoms with Crippen LogP contribution < -0.4 is 4.74 Å². The molecule has 7 heteroatoms. The molecule has 1 amide bonds. The molecule has 1 N–H and O–H groups in total. The summed E-state index contributed by atoms with van der Waals surface area (Å²) in [6, 6.07) is 12.1. The highest BCUT2D eigenvalue weighted by molar-refractivity contribution is 5.89. The van der Waals surface area contributed by atoms with Crippen LogP contribution in [-0.2, 0) is 9.53 Å². The number of benzene rings is 2. The number of hydrogen-bond donors (Lipinski definition) is 1. The molecular formula is C21H22N2O5. The molecule has 0 saturated carbocycles. The number of carbonyl (C=O) groups is 2. The van der Waals surface area contributed by atoms with E-state index in [9.17, 15) is 9.59 Å². The SMILES string of the molecule is Cc1cc(C(=O)O)ccc1N=Cc1ccc(OCC(=O)N2CCOCC2)cc1. The summed E-state index contributed by atoms with van der Waals surface area (Å²) in [5.41, 5.74) is 2.61. The zero-order valence-electron chi connectivity index (χ0n) is 15.6. The minimum Gasteiger partial charge on any atom is -0.484 e. The summed E-state index contributed by atoms with van der Waals surface area (Å²) in [7, 11) is 0. The molecule has 0 spiro atoms. The van der Waals surface area contributed by atoms with Crippen molar-refractivity contribution < 1.29 is 24.2 Å². The number of rotatable bonds is 6. The molecule has 1 saturated heterocycles. The van der Waals surface area contributed by atoms with Gasteiger partial charge in [0.25, 0.3) is 5.91 Å². The van der Waals surface area contributed by atoms with Gasteiger partial charge >= 0.3 is 5.97 Å². The number of carbonyl (C=O) groups excluding carboxylic acids is 1. The van der Waals surface area contributed by atoms with Gasteiger partial charge in [-0.3, -0.25) is 9.79 Å². The average molecular weight is 382 g/mol. The quantitative estimate of drug-likeness (QED) is 0.776. The van der Waals surface area contributed by atoms with E-state index in [1.165, 1.54) is 6.07 Å². The van der Waals surface area contributed by atoms with Crippen LogP contribution in [0.1, 0.15) is 21.5 Å². The number of amides is 1. The molecule has 0 radical (unpaired) electrons. The Labute approximate surface area is 163 Å². The van der Waals surface area contributed by atoms with E-state index in [4.69, 9.17) is 14.6 Å². The Bertz CT molecular complexity index is 871. The Morgan fingerprint density at radius 1 is 1.18 bits per heavy atom. The van der Waals surface area contributed by atoms with Gasteiger partial charge in [0.15, 0.2) is 6.61 Å². The van der Waals surface area contributed by atoms with Crippen LogP contribution >= 0.6 is 0 Å². The molecule has 0 bridgehead atoms. The third-order valence-corrected chi connectivity index (χ3v) is 4.40. The fourth-order valence-electron chi connectivity index (χ4n) is 2.78. The van der Waals surface area contributed by atoms with E-state index in [2.05, 4.69) is 4.99 Å². The van der Waals surface area contributed by atoms with Gasteiger partial charge in [-0.05, 0) is 60.5 Å². The maximum atomic E-state index is 12.1. The van der Waals surface area contributed by atoms with Gasteiger partial charge in [0.1, 0.15) is 5.75 Å².